The Morgan fingerprint density at radius 3 is 2.64 bits per heavy atom. The first-order chi connectivity index (χ1) is 12.1. The lowest BCUT2D eigenvalue weighted by molar-refractivity contribution is -0.111. The maximum Gasteiger partial charge on any atom is 0.248 e. The van der Waals surface area contributed by atoms with Crippen LogP contribution in [0.15, 0.2) is 48.5 Å². The molecular formula is C19H18Cl2N2O2. The first-order valence-electron chi connectivity index (χ1n) is 7.99. The summed E-state index contributed by atoms with van der Waals surface area (Å²) in [7, 11) is 0. The zero-order chi connectivity index (χ0) is 17.6. The molecule has 3 rings (SSSR count). The molecule has 0 aliphatic carbocycles. The van der Waals surface area contributed by atoms with Gasteiger partial charge >= 0.3 is 0 Å². The average molecular weight is 377 g/mol. The lowest BCUT2D eigenvalue weighted by atomic mass is 10.2. The van der Waals surface area contributed by atoms with Crippen LogP contribution in [0.25, 0.3) is 6.08 Å². The van der Waals surface area contributed by atoms with Crippen LogP contribution in [0.4, 0.5) is 11.4 Å². The molecule has 0 unspecified atom stereocenters. The van der Waals surface area contributed by atoms with E-state index in [9.17, 15) is 4.79 Å². The highest BCUT2D eigenvalue weighted by atomic mass is 35.5. The standard InChI is InChI=1S/C19H18Cl2N2O2/c20-15-6-7-18(23-9-11-25-12-10-23)17(13-15)22-19(24)8-5-14-3-1-2-4-16(14)21/h1-8,13H,9-12H2,(H,22,24). The largest absolute Gasteiger partial charge is 0.378 e. The number of halogens is 2. The molecule has 0 saturated carbocycles. The average Bonchev–Trinajstić information content (AvgIpc) is 2.62. The van der Waals surface area contributed by atoms with Crippen molar-refractivity contribution in [2.75, 3.05) is 36.5 Å². The third-order valence-electron chi connectivity index (χ3n) is 3.89. The van der Waals surface area contributed by atoms with E-state index < -0.39 is 0 Å². The quantitative estimate of drug-likeness (QED) is 0.799. The van der Waals surface area contributed by atoms with Crippen LogP contribution < -0.4 is 10.2 Å². The predicted octanol–water partition coefficient (Wildman–Crippen LogP) is 4.48. The Hall–Kier alpha value is -2.01. The molecular weight excluding hydrogens is 359 g/mol. The van der Waals surface area contributed by atoms with Gasteiger partial charge in [-0.1, -0.05) is 41.4 Å². The summed E-state index contributed by atoms with van der Waals surface area (Å²) in [5, 5.41) is 4.07. The van der Waals surface area contributed by atoms with Crippen LogP contribution in [0, 0.1) is 0 Å². The van der Waals surface area contributed by atoms with Crippen molar-refractivity contribution < 1.29 is 9.53 Å². The van der Waals surface area contributed by atoms with Gasteiger partial charge in [0.15, 0.2) is 0 Å². The Bertz CT molecular complexity index is 787. The number of morpholine rings is 1. The molecule has 0 spiro atoms. The van der Waals surface area contributed by atoms with Gasteiger partial charge < -0.3 is 15.0 Å². The fourth-order valence-electron chi connectivity index (χ4n) is 2.64. The van der Waals surface area contributed by atoms with E-state index in [-0.39, 0.29) is 5.91 Å². The predicted molar refractivity (Wildman–Crippen MR) is 104 cm³/mol. The molecule has 1 amide bonds. The number of benzene rings is 2. The highest BCUT2D eigenvalue weighted by Gasteiger charge is 2.16. The Kier molecular flexibility index (Phi) is 5.97. The smallest absolute Gasteiger partial charge is 0.248 e. The van der Waals surface area contributed by atoms with Crippen LogP contribution in [0.3, 0.4) is 0 Å². The maximum absolute atomic E-state index is 12.3. The molecule has 0 aromatic heterocycles. The number of nitrogens with one attached hydrogen (secondary N) is 1. The zero-order valence-electron chi connectivity index (χ0n) is 13.5. The summed E-state index contributed by atoms with van der Waals surface area (Å²) in [6, 6.07) is 12.9. The first-order valence-corrected chi connectivity index (χ1v) is 8.75. The third kappa shape index (κ3) is 4.75. The van der Waals surface area contributed by atoms with E-state index in [2.05, 4.69) is 10.2 Å². The second-order valence-electron chi connectivity index (χ2n) is 5.60. The number of rotatable bonds is 4. The monoisotopic (exact) mass is 376 g/mol. The van der Waals surface area contributed by atoms with E-state index in [1.807, 2.05) is 30.3 Å². The third-order valence-corrected chi connectivity index (χ3v) is 4.47. The molecule has 4 nitrogen and oxygen atoms in total. The van der Waals surface area contributed by atoms with E-state index >= 15 is 0 Å². The van der Waals surface area contributed by atoms with E-state index in [1.54, 1.807) is 18.2 Å². The van der Waals surface area contributed by atoms with Gasteiger partial charge in [0.25, 0.3) is 0 Å². The summed E-state index contributed by atoms with van der Waals surface area (Å²) < 4.78 is 5.39. The van der Waals surface area contributed by atoms with Gasteiger partial charge in [-0.25, -0.2) is 0 Å². The Balaban J connectivity index is 1.76. The number of anilines is 2. The number of carbonyl (C=O) groups is 1. The number of hydrogen-bond donors (Lipinski definition) is 1. The molecule has 0 atom stereocenters. The van der Waals surface area contributed by atoms with Crippen LogP contribution in [0.1, 0.15) is 5.56 Å². The van der Waals surface area contributed by atoms with Gasteiger partial charge in [-0.2, -0.15) is 0 Å². The molecule has 1 saturated heterocycles. The van der Waals surface area contributed by atoms with Gasteiger partial charge in [-0.3, -0.25) is 4.79 Å². The molecule has 1 N–H and O–H groups in total. The summed E-state index contributed by atoms with van der Waals surface area (Å²) >= 11 is 12.2. The number of carbonyl (C=O) groups excluding carboxylic acids is 1. The lowest BCUT2D eigenvalue weighted by Crippen LogP contribution is -2.36. The van der Waals surface area contributed by atoms with Gasteiger partial charge in [-0.05, 0) is 35.9 Å². The number of ether oxygens (including phenoxy) is 1. The first kappa shape index (κ1) is 17.8. The number of nitrogens with zero attached hydrogens (tertiary/aromatic N) is 1. The molecule has 25 heavy (non-hydrogen) atoms. The minimum atomic E-state index is -0.239. The lowest BCUT2D eigenvalue weighted by Gasteiger charge is -2.30. The Morgan fingerprint density at radius 1 is 1.12 bits per heavy atom. The van der Waals surface area contributed by atoms with E-state index in [4.69, 9.17) is 27.9 Å². The van der Waals surface area contributed by atoms with Gasteiger partial charge in [0.05, 0.1) is 24.6 Å². The Morgan fingerprint density at radius 2 is 1.88 bits per heavy atom. The fraction of sp³-hybridized carbons (Fsp3) is 0.211. The molecule has 1 aliphatic rings. The molecule has 0 radical (unpaired) electrons. The van der Waals surface area contributed by atoms with Crippen LogP contribution in [-0.4, -0.2) is 32.2 Å². The second-order valence-corrected chi connectivity index (χ2v) is 6.45. The van der Waals surface area contributed by atoms with Gasteiger partial charge in [-0.15, -0.1) is 0 Å². The summed E-state index contributed by atoms with van der Waals surface area (Å²) in [5.41, 5.74) is 2.41. The van der Waals surface area contributed by atoms with Crippen molar-refractivity contribution in [2.24, 2.45) is 0 Å². The molecule has 1 heterocycles. The Labute approximate surface area is 157 Å². The van der Waals surface area contributed by atoms with E-state index in [1.165, 1.54) is 6.08 Å². The second kappa shape index (κ2) is 8.39. The van der Waals surface area contributed by atoms with Crippen molar-refractivity contribution in [3.05, 3.63) is 64.1 Å². The normalized spacial score (nSPS) is 14.7. The minimum Gasteiger partial charge on any atom is -0.378 e. The van der Waals surface area contributed by atoms with Crippen LogP contribution in [0.2, 0.25) is 10.0 Å². The van der Waals surface area contributed by atoms with Crippen molar-refractivity contribution in [3.8, 4) is 0 Å². The topological polar surface area (TPSA) is 41.6 Å². The van der Waals surface area contributed by atoms with Crippen molar-refractivity contribution >= 4 is 46.6 Å². The van der Waals surface area contributed by atoms with Crippen molar-refractivity contribution in [1.82, 2.24) is 0 Å². The maximum atomic E-state index is 12.3. The number of hydrogen-bond acceptors (Lipinski definition) is 3. The molecule has 130 valence electrons. The van der Waals surface area contributed by atoms with E-state index in [0.717, 1.165) is 24.3 Å². The summed E-state index contributed by atoms with van der Waals surface area (Å²) in [5.74, 6) is -0.239. The highest BCUT2D eigenvalue weighted by molar-refractivity contribution is 6.32. The van der Waals surface area contributed by atoms with Crippen molar-refractivity contribution in [1.29, 1.82) is 0 Å². The molecule has 1 fully saturated rings. The summed E-state index contributed by atoms with van der Waals surface area (Å²) in [6.07, 6.45) is 3.15. The molecule has 1 aliphatic heterocycles. The SMILES string of the molecule is O=C(C=Cc1ccccc1Cl)Nc1cc(Cl)ccc1N1CCOCC1. The summed E-state index contributed by atoms with van der Waals surface area (Å²) in [6.45, 7) is 2.89. The van der Waals surface area contributed by atoms with Crippen molar-refractivity contribution in [3.63, 3.8) is 0 Å². The van der Waals surface area contributed by atoms with Crippen LogP contribution >= 0.6 is 23.2 Å². The zero-order valence-corrected chi connectivity index (χ0v) is 15.1. The number of amides is 1. The highest BCUT2D eigenvalue weighted by Crippen LogP contribution is 2.30. The minimum absolute atomic E-state index is 0.239. The summed E-state index contributed by atoms with van der Waals surface area (Å²) in [4.78, 5) is 14.5. The molecule has 2 aromatic carbocycles. The van der Waals surface area contributed by atoms with Crippen LogP contribution in [0.5, 0.6) is 0 Å². The van der Waals surface area contributed by atoms with Gasteiger partial charge in [0.2, 0.25) is 5.91 Å². The van der Waals surface area contributed by atoms with Crippen molar-refractivity contribution in [2.45, 2.75) is 0 Å². The van der Waals surface area contributed by atoms with Gasteiger partial charge in [0, 0.05) is 29.2 Å². The molecule has 2 aromatic rings. The van der Waals surface area contributed by atoms with Crippen LogP contribution in [-0.2, 0) is 9.53 Å². The fourth-order valence-corrected chi connectivity index (χ4v) is 3.01. The van der Waals surface area contributed by atoms with E-state index in [0.29, 0.717) is 28.9 Å². The van der Waals surface area contributed by atoms with Gasteiger partial charge in [0.1, 0.15) is 0 Å². The molecule has 0 bridgehead atoms. The molecule has 6 heteroatoms.